The van der Waals surface area contributed by atoms with Crippen molar-refractivity contribution in [1.82, 2.24) is 49.4 Å². The second kappa shape index (κ2) is 38.3. The summed E-state index contributed by atoms with van der Waals surface area (Å²) in [7, 11) is 0. The summed E-state index contributed by atoms with van der Waals surface area (Å²) in [6, 6.07) is -2.37. The van der Waals surface area contributed by atoms with Crippen molar-refractivity contribution in [2.24, 2.45) is 5.73 Å². The molecule has 0 aromatic carbocycles. The van der Waals surface area contributed by atoms with E-state index in [1.54, 1.807) is 55.4 Å². The van der Waals surface area contributed by atoms with Crippen LogP contribution < -0.4 is 11.1 Å². The van der Waals surface area contributed by atoms with Crippen LogP contribution >= 0.6 is 0 Å². The van der Waals surface area contributed by atoms with Gasteiger partial charge in [0.25, 0.3) is 0 Å². The van der Waals surface area contributed by atoms with Crippen LogP contribution in [0.4, 0.5) is 0 Å². The fourth-order valence-electron chi connectivity index (χ4n) is 8.52. The van der Waals surface area contributed by atoms with E-state index in [9.17, 15) is 68.4 Å². The molecule has 0 rings (SSSR count). The number of aliphatic hydroxyl groups excluding tert-OH is 4. The fraction of sp³-hybridized carbons (Fsp3) is 0.821. The molecule has 0 radical (unpaired) electrons. The van der Waals surface area contributed by atoms with Crippen LogP contribution in [-0.2, 0) is 47.9 Å². The van der Waals surface area contributed by atoms with Crippen LogP contribution in [0.1, 0.15) is 149 Å². The van der Waals surface area contributed by atoms with E-state index in [0.29, 0.717) is 32.1 Å². The van der Waals surface area contributed by atoms with Crippen molar-refractivity contribution < 1.29 is 68.4 Å². The zero-order valence-corrected chi connectivity index (χ0v) is 51.9. The molecule has 0 saturated heterocycles. The van der Waals surface area contributed by atoms with Crippen molar-refractivity contribution >= 4 is 59.1 Å². The van der Waals surface area contributed by atoms with Gasteiger partial charge in [-0.05, 0) is 108 Å². The molecule has 0 aromatic heterocycles. The summed E-state index contributed by atoms with van der Waals surface area (Å²) in [6.07, 6.45) is -1.60. The molecule has 10 amide bonds. The van der Waals surface area contributed by atoms with Crippen LogP contribution in [0.3, 0.4) is 0 Å². The molecule has 81 heavy (non-hydrogen) atoms. The summed E-state index contributed by atoms with van der Waals surface area (Å²) < 4.78 is 0. The Balaban J connectivity index is 6.88. The van der Waals surface area contributed by atoms with E-state index in [1.165, 1.54) is 52.2 Å². The molecule has 0 fully saturated rings. The number of carbonyl (C=O) groups excluding carboxylic acids is 10. The molecule has 25 nitrogen and oxygen atoms in total. The van der Waals surface area contributed by atoms with Crippen LogP contribution in [0, 0.1) is 0 Å². The first-order valence-corrected chi connectivity index (χ1v) is 29.1. The van der Waals surface area contributed by atoms with Gasteiger partial charge in [0.05, 0.1) is 63.7 Å². The van der Waals surface area contributed by atoms with Gasteiger partial charge >= 0.3 is 0 Å². The average molecular weight is 1160 g/mol. The number of nitrogens with one attached hydrogen (secondary N) is 1. The van der Waals surface area contributed by atoms with Gasteiger partial charge in [0.1, 0.15) is 26.2 Å². The minimum Gasteiger partial charge on any atom is -0.392 e. The second-order valence-corrected chi connectivity index (χ2v) is 22.0. The normalized spacial score (nSPS) is 15.0. The van der Waals surface area contributed by atoms with Crippen LogP contribution in [-0.4, -0.2) is 276 Å². The minimum absolute atomic E-state index is 0.0168. The van der Waals surface area contributed by atoms with Gasteiger partial charge in [0, 0.05) is 62.4 Å². The third-order valence-electron chi connectivity index (χ3n) is 14.6. The molecule has 0 aliphatic heterocycles. The Kier molecular flexibility index (Phi) is 35.7. The zero-order chi connectivity index (χ0) is 62.6. The molecule has 0 bridgehead atoms. The van der Waals surface area contributed by atoms with Crippen LogP contribution in [0.25, 0.3) is 0 Å². The molecule has 0 spiro atoms. The lowest BCUT2D eigenvalue weighted by atomic mass is 10.1. The molecule has 0 saturated carbocycles. The molecule has 10 atom stereocenters. The van der Waals surface area contributed by atoms with Gasteiger partial charge in [0.2, 0.25) is 59.1 Å². The molecule has 468 valence electrons. The van der Waals surface area contributed by atoms with Gasteiger partial charge in [0.15, 0.2) is 0 Å². The molecule has 0 aliphatic carbocycles. The Hall–Kier alpha value is -5.50. The van der Waals surface area contributed by atoms with Gasteiger partial charge in [-0.2, -0.15) is 0 Å². The highest BCUT2D eigenvalue weighted by molar-refractivity contribution is 5.94. The maximum absolute atomic E-state index is 14.5. The Morgan fingerprint density at radius 2 is 0.531 bits per heavy atom. The lowest BCUT2D eigenvalue weighted by molar-refractivity contribution is -0.152. The summed E-state index contributed by atoms with van der Waals surface area (Å²) in [5.41, 5.74) is 5.44. The molecular weight excluding hydrogens is 1050 g/mol. The second-order valence-electron chi connectivity index (χ2n) is 22.0. The van der Waals surface area contributed by atoms with Gasteiger partial charge in [-0.25, -0.2) is 0 Å². The molecule has 0 unspecified atom stereocenters. The number of aliphatic hydroxyl groups is 4. The molecule has 0 aromatic rings. The largest absolute Gasteiger partial charge is 0.392 e. The average Bonchev–Trinajstić information content (AvgIpc) is 3.39. The maximum Gasteiger partial charge on any atom is 0.242 e. The number of hydrogen-bond acceptors (Lipinski definition) is 15. The van der Waals surface area contributed by atoms with Crippen molar-refractivity contribution in [3.8, 4) is 0 Å². The Morgan fingerprint density at radius 1 is 0.321 bits per heavy atom. The van der Waals surface area contributed by atoms with Gasteiger partial charge < -0.3 is 75.6 Å². The van der Waals surface area contributed by atoms with E-state index in [4.69, 9.17) is 5.73 Å². The maximum atomic E-state index is 14.5. The Labute approximate surface area is 482 Å². The molecule has 25 heteroatoms. The molecule has 0 heterocycles. The van der Waals surface area contributed by atoms with E-state index in [2.05, 4.69) is 5.32 Å². The first kappa shape index (κ1) is 75.5. The van der Waals surface area contributed by atoms with Crippen molar-refractivity contribution in [3.63, 3.8) is 0 Å². The third kappa shape index (κ3) is 27.4. The van der Waals surface area contributed by atoms with E-state index in [1.807, 2.05) is 27.7 Å². The molecular formula is C56H105N11O14. The Bertz CT molecular complexity index is 2010. The van der Waals surface area contributed by atoms with Gasteiger partial charge in [-0.15, -0.1) is 0 Å². The molecule has 0 aliphatic rings. The SMILES string of the molecule is CC[C@@H](C)NCC(=O)N(CC(=O)N(CC(=O)N(CC(=O)N(CC(=O)N(CC(=O)N(CC(=O)N(CC(=O)N(CC(=O)N(CC(N)=O)[C@@H](C)CC)[C@H](C)CC)C[C@@H](C)O)C[C@@H](C)O)[C@@H](C)CC)[C@H](C)CC)C[C@@H](C)O)C[C@@H](C)O)[C@@H](C)CC. The minimum atomic E-state index is -1.17. The van der Waals surface area contributed by atoms with E-state index in [-0.39, 0.29) is 69.8 Å². The third-order valence-corrected chi connectivity index (χ3v) is 14.6. The predicted molar refractivity (Wildman–Crippen MR) is 307 cm³/mol. The van der Waals surface area contributed by atoms with E-state index in [0.717, 1.165) is 26.0 Å². The number of hydrogen-bond donors (Lipinski definition) is 6. The van der Waals surface area contributed by atoms with Crippen LogP contribution in [0.5, 0.6) is 0 Å². The van der Waals surface area contributed by atoms with Gasteiger partial charge in [-0.3, -0.25) is 47.9 Å². The van der Waals surface area contributed by atoms with E-state index < -0.39 is 142 Å². The van der Waals surface area contributed by atoms with Crippen molar-refractivity contribution in [1.29, 1.82) is 0 Å². The fourth-order valence-corrected chi connectivity index (χ4v) is 8.52. The smallest absolute Gasteiger partial charge is 0.242 e. The van der Waals surface area contributed by atoms with Crippen LogP contribution in [0.2, 0.25) is 0 Å². The van der Waals surface area contributed by atoms with Crippen molar-refractivity contribution in [3.05, 3.63) is 0 Å². The number of rotatable bonds is 40. The van der Waals surface area contributed by atoms with Crippen molar-refractivity contribution in [2.45, 2.75) is 210 Å². The number of primary amides is 1. The number of carbonyl (C=O) groups is 10. The predicted octanol–water partition coefficient (Wildman–Crippen LogP) is -0.167. The number of nitrogens with two attached hydrogens (primary N) is 1. The standard InChI is InChI=1S/C56H105N11O14/c1-17-37(7)58-23-48(73)64(39(9)19-3)33-51(76)59(24-43(13)68)29-49(74)62(27-46(16)71)32-54(79)67(42(12)22-6)36-56(81)65(40(10)20-4)34-52(77)60(25-44(14)69)30-50(75)61(26-45(15)70)31-53(78)66(41(11)21-5)35-55(80)63(28-47(57)72)38(8)18-2/h37-46,58,68-71H,17-36H2,1-16H3,(H2,57,72)/t37-,38+,39+,40+,41-,42-,43-,44-,45-,46-/m1/s1. The lowest BCUT2D eigenvalue weighted by Gasteiger charge is -2.36. The number of amides is 10. The van der Waals surface area contributed by atoms with Gasteiger partial charge in [-0.1, -0.05) is 41.5 Å². The number of nitrogens with zero attached hydrogens (tertiary/aromatic N) is 9. The summed E-state index contributed by atoms with van der Waals surface area (Å²) >= 11 is 0. The summed E-state index contributed by atoms with van der Waals surface area (Å²) in [4.78, 5) is 149. The highest BCUT2D eigenvalue weighted by Gasteiger charge is 2.35. The Morgan fingerprint density at radius 3 is 0.765 bits per heavy atom. The summed E-state index contributed by atoms with van der Waals surface area (Å²) in [5, 5.41) is 45.2. The highest BCUT2D eigenvalue weighted by atomic mass is 16.3. The highest BCUT2D eigenvalue weighted by Crippen LogP contribution is 2.15. The first-order valence-electron chi connectivity index (χ1n) is 29.1. The zero-order valence-electron chi connectivity index (χ0n) is 51.9. The summed E-state index contributed by atoms with van der Waals surface area (Å²) in [5.74, 6) is -6.53. The first-order chi connectivity index (χ1) is 37.7. The lowest BCUT2D eigenvalue weighted by Crippen LogP contribution is -2.56. The monoisotopic (exact) mass is 1160 g/mol. The summed E-state index contributed by atoms with van der Waals surface area (Å²) in [6.45, 7) is 21.0. The molecule has 7 N–H and O–H groups in total. The van der Waals surface area contributed by atoms with E-state index >= 15 is 0 Å². The topological polar surface area (TPSA) is 319 Å². The quantitative estimate of drug-likeness (QED) is 0.0464. The van der Waals surface area contributed by atoms with Crippen molar-refractivity contribution in [2.75, 3.05) is 91.6 Å². The van der Waals surface area contributed by atoms with Crippen LogP contribution in [0.15, 0.2) is 0 Å².